The molecule has 0 radical (unpaired) electrons. The quantitative estimate of drug-likeness (QED) is 0.599. The zero-order valence-corrected chi connectivity index (χ0v) is 10.6. The van der Waals surface area contributed by atoms with Crippen LogP contribution in [-0.4, -0.2) is 6.10 Å². The van der Waals surface area contributed by atoms with Gasteiger partial charge in [-0.1, -0.05) is 32.1 Å². The molecular weight excluding hydrogens is 214 g/mol. The smallest absolute Gasteiger partial charge is 0.145 e. The minimum Gasteiger partial charge on any atom is -0.384 e. The maximum absolute atomic E-state index is 5.43. The van der Waals surface area contributed by atoms with E-state index < -0.39 is 0 Å². The van der Waals surface area contributed by atoms with Crippen molar-refractivity contribution in [2.24, 2.45) is 11.8 Å². The molecule has 2 rings (SSSR count). The van der Waals surface area contributed by atoms with Gasteiger partial charge in [-0.25, -0.2) is 0 Å². The molecule has 3 heteroatoms. The summed E-state index contributed by atoms with van der Waals surface area (Å²) in [5.41, 5.74) is 2.58. The fraction of sp³-hybridized carbons (Fsp3) is 0.571. The Labute approximate surface area is 103 Å². The van der Waals surface area contributed by atoms with Crippen molar-refractivity contribution in [3.05, 3.63) is 36.1 Å². The predicted molar refractivity (Wildman–Crippen MR) is 67.6 cm³/mol. The van der Waals surface area contributed by atoms with Crippen molar-refractivity contribution in [3.8, 4) is 0 Å². The molecule has 0 aliphatic heterocycles. The lowest BCUT2D eigenvalue weighted by Crippen LogP contribution is -2.25. The molecule has 2 unspecified atom stereocenters. The summed E-state index contributed by atoms with van der Waals surface area (Å²) >= 11 is 0. The summed E-state index contributed by atoms with van der Waals surface area (Å²) in [6, 6.07) is 0. The molecule has 0 amide bonds. The van der Waals surface area contributed by atoms with Crippen molar-refractivity contribution >= 4 is 0 Å². The van der Waals surface area contributed by atoms with E-state index in [0.29, 0.717) is 11.8 Å². The zero-order valence-electron chi connectivity index (χ0n) is 10.6. The van der Waals surface area contributed by atoms with E-state index in [2.05, 4.69) is 43.8 Å². The lowest BCUT2D eigenvalue weighted by molar-refractivity contribution is -0.164. The SMILES string of the molecule is CC1C=CC(ONOC2=CC[C@H](C)C=C2)CC1. The number of hydrogen-bond donors (Lipinski definition) is 1. The van der Waals surface area contributed by atoms with Gasteiger partial charge in [-0.2, -0.15) is 0 Å². The standard InChI is InChI=1S/C14H21NO2/c1-11-3-7-13(8-4-11)16-15-17-14-9-5-12(2)6-10-14/h3,5,7-9,11-12,14-15H,4,6,10H2,1-2H3/t11-,12?,14?/m1/s1. The minimum absolute atomic E-state index is 0.123. The number of rotatable bonds is 4. The van der Waals surface area contributed by atoms with Crippen LogP contribution < -0.4 is 5.64 Å². The highest BCUT2D eigenvalue weighted by atomic mass is 16.9. The molecule has 17 heavy (non-hydrogen) atoms. The molecule has 2 aliphatic carbocycles. The van der Waals surface area contributed by atoms with Gasteiger partial charge in [0.15, 0.2) is 0 Å². The molecule has 1 N–H and O–H groups in total. The Morgan fingerprint density at radius 3 is 2.65 bits per heavy atom. The molecule has 0 spiro atoms. The molecule has 0 bridgehead atoms. The van der Waals surface area contributed by atoms with Gasteiger partial charge in [0.25, 0.3) is 0 Å². The molecule has 2 aliphatic rings. The van der Waals surface area contributed by atoms with E-state index in [1.54, 1.807) is 0 Å². The average Bonchev–Trinajstić information content (AvgIpc) is 2.34. The van der Waals surface area contributed by atoms with Gasteiger partial charge in [0.1, 0.15) is 11.9 Å². The third-order valence-electron chi connectivity index (χ3n) is 3.20. The van der Waals surface area contributed by atoms with Crippen molar-refractivity contribution in [3.63, 3.8) is 0 Å². The van der Waals surface area contributed by atoms with Crippen LogP contribution in [0.4, 0.5) is 0 Å². The first-order valence-electron chi connectivity index (χ1n) is 6.38. The van der Waals surface area contributed by atoms with Crippen LogP contribution in [0.5, 0.6) is 0 Å². The van der Waals surface area contributed by atoms with Gasteiger partial charge in [-0.05, 0) is 48.9 Å². The lowest BCUT2D eigenvalue weighted by Gasteiger charge is -2.20. The van der Waals surface area contributed by atoms with Gasteiger partial charge in [-0.3, -0.25) is 4.84 Å². The van der Waals surface area contributed by atoms with Crippen LogP contribution in [0.3, 0.4) is 0 Å². The maximum atomic E-state index is 5.43. The van der Waals surface area contributed by atoms with Crippen LogP contribution in [0.25, 0.3) is 0 Å². The van der Waals surface area contributed by atoms with Gasteiger partial charge < -0.3 is 4.84 Å². The second-order valence-electron chi connectivity index (χ2n) is 4.96. The van der Waals surface area contributed by atoms with E-state index in [9.17, 15) is 0 Å². The highest BCUT2D eigenvalue weighted by Crippen LogP contribution is 2.19. The summed E-state index contributed by atoms with van der Waals surface area (Å²) in [6.45, 7) is 4.40. The molecule has 0 heterocycles. The Morgan fingerprint density at radius 2 is 2.00 bits per heavy atom. The van der Waals surface area contributed by atoms with Crippen LogP contribution in [0, 0.1) is 11.8 Å². The number of allylic oxidation sites excluding steroid dienone is 4. The summed E-state index contributed by atoms with van der Waals surface area (Å²) < 4.78 is 0. The number of hydrogen-bond acceptors (Lipinski definition) is 3. The topological polar surface area (TPSA) is 30.5 Å². The Kier molecular flexibility index (Phi) is 4.40. The average molecular weight is 235 g/mol. The van der Waals surface area contributed by atoms with E-state index in [0.717, 1.165) is 18.6 Å². The van der Waals surface area contributed by atoms with Gasteiger partial charge >= 0.3 is 0 Å². The molecule has 3 atom stereocenters. The van der Waals surface area contributed by atoms with E-state index in [-0.39, 0.29) is 6.10 Å². The minimum atomic E-state index is 0.123. The second-order valence-corrected chi connectivity index (χ2v) is 4.96. The molecule has 0 aromatic heterocycles. The third-order valence-corrected chi connectivity index (χ3v) is 3.20. The Bertz CT molecular complexity index is 333. The van der Waals surface area contributed by atoms with Crippen LogP contribution >= 0.6 is 0 Å². The van der Waals surface area contributed by atoms with Crippen LogP contribution in [0.2, 0.25) is 0 Å². The molecule has 0 saturated heterocycles. The van der Waals surface area contributed by atoms with Crippen molar-refractivity contribution in [1.82, 2.24) is 5.64 Å². The third kappa shape index (κ3) is 4.02. The molecule has 0 saturated carbocycles. The summed E-state index contributed by atoms with van der Waals surface area (Å²) in [4.78, 5) is 10.8. The molecule has 0 aromatic carbocycles. The van der Waals surface area contributed by atoms with E-state index >= 15 is 0 Å². The first-order valence-corrected chi connectivity index (χ1v) is 6.38. The van der Waals surface area contributed by atoms with Gasteiger partial charge in [-0.15, -0.1) is 0 Å². The Hall–Kier alpha value is -1.06. The highest BCUT2D eigenvalue weighted by molar-refractivity contribution is 5.17. The van der Waals surface area contributed by atoms with Crippen molar-refractivity contribution in [1.29, 1.82) is 0 Å². The lowest BCUT2D eigenvalue weighted by atomic mass is 9.96. The monoisotopic (exact) mass is 235 g/mol. The molecule has 94 valence electrons. The fourth-order valence-corrected chi connectivity index (χ4v) is 1.95. The summed E-state index contributed by atoms with van der Waals surface area (Å²) in [7, 11) is 0. The Balaban J connectivity index is 1.67. The largest absolute Gasteiger partial charge is 0.384 e. The van der Waals surface area contributed by atoms with Crippen molar-refractivity contribution < 1.29 is 9.68 Å². The first-order chi connectivity index (χ1) is 8.24. The zero-order chi connectivity index (χ0) is 12.1. The Morgan fingerprint density at radius 1 is 1.12 bits per heavy atom. The predicted octanol–water partition coefficient (Wildman–Crippen LogP) is 3.27. The molecule has 3 nitrogen and oxygen atoms in total. The first kappa shape index (κ1) is 12.4. The molecule has 0 aromatic rings. The number of nitrogens with one attached hydrogen (secondary N) is 1. The fourth-order valence-electron chi connectivity index (χ4n) is 1.95. The van der Waals surface area contributed by atoms with Gasteiger partial charge in [0.2, 0.25) is 0 Å². The van der Waals surface area contributed by atoms with Crippen molar-refractivity contribution in [2.45, 2.75) is 39.2 Å². The highest BCUT2D eigenvalue weighted by Gasteiger charge is 2.13. The van der Waals surface area contributed by atoms with E-state index in [1.807, 2.05) is 6.08 Å². The van der Waals surface area contributed by atoms with Gasteiger partial charge in [0.05, 0.1) is 0 Å². The van der Waals surface area contributed by atoms with E-state index in [1.165, 1.54) is 6.42 Å². The summed E-state index contributed by atoms with van der Waals surface area (Å²) in [5, 5.41) is 0. The van der Waals surface area contributed by atoms with E-state index in [4.69, 9.17) is 9.68 Å². The van der Waals surface area contributed by atoms with Crippen molar-refractivity contribution in [2.75, 3.05) is 0 Å². The summed E-state index contributed by atoms with van der Waals surface area (Å²) in [6.07, 6.45) is 13.8. The maximum Gasteiger partial charge on any atom is 0.145 e. The van der Waals surface area contributed by atoms with Crippen LogP contribution in [-0.2, 0) is 9.68 Å². The molecular formula is C14H21NO2. The second kappa shape index (κ2) is 6.03. The summed E-state index contributed by atoms with van der Waals surface area (Å²) in [5.74, 6) is 2.10. The van der Waals surface area contributed by atoms with Gasteiger partial charge in [0, 0.05) is 0 Å². The van der Waals surface area contributed by atoms with Crippen LogP contribution in [0.1, 0.15) is 33.1 Å². The van der Waals surface area contributed by atoms with Crippen LogP contribution in [0.15, 0.2) is 36.1 Å². The molecule has 0 fully saturated rings. The normalized spacial score (nSPS) is 32.4.